The standard InChI is InChI=1S/C26H28FN3O2S/c1-17-24(33-18(2)28-17)26(32)30(22-15-9-12-20(27)16-22)23(19-10-5-3-6-11-19)25(31)29-21-13-7-4-8-14-21/h3,5-6,9-12,15-16,21,23H,4,7-8,13-14H2,1-2H3,(H,29,31)/t23-/m1/s1. The van der Waals surface area contributed by atoms with Gasteiger partial charge in [0.25, 0.3) is 5.91 Å². The maximum atomic E-state index is 14.3. The van der Waals surface area contributed by atoms with Gasteiger partial charge in [0.05, 0.1) is 10.7 Å². The van der Waals surface area contributed by atoms with Crippen LogP contribution in [0.4, 0.5) is 10.1 Å². The summed E-state index contributed by atoms with van der Waals surface area (Å²) in [5.74, 6) is -1.09. The van der Waals surface area contributed by atoms with Gasteiger partial charge in [-0.15, -0.1) is 11.3 Å². The lowest BCUT2D eigenvalue weighted by molar-refractivity contribution is -0.123. The van der Waals surface area contributed by atoms with Crippen LogP contribution < -0.4 is 10.2 Å². The van der Waals surface area contributed by atoms with E-state index in [2.05, 4.69) is 10.3 Å². The average Bonchev–Trinajstić information content (AvgIpc) is 3.16. The molecule has 3 aromatic rings. The summed E-state index contributed by atoms with van der Waals surface area (Å²) in [6, 6.07) is 14.2. The number of hydrogen-bond acceptors (Lipinski definition) is 4. The molecule has 1 N–H and O–H groups in total. The monoisotopic (exact) mass is 465 g/mol. The van der Waals surface area contributed by atoms with E-state index in [4.69, 9.17) is 0 Å². The minimum absolute atomic E-state index is 0.0781. The Morgan fingerprint density at radius 1 is 1.06 bits per heavy atom. The summed E-state index contributed by atoms with van der Waals surface area (Å²) in [4.78, 5) is 33.9. The van der Waals surface area contributed by atoms with Gasteiger partial charge in [0.1, 0.15) is 16.7 Å². The molecular weight excluding hydrogens is 437 g/mol. The molecule has 1 aliphatic rings. The van der Waals surface area contributed by atoms with E-state index in [-0.39, 0.29) is 17.9 Å². The van der Waals surface area contributed by atoms with Crippen LogP contribution in [0.2, 0.25) is 0 Å². The van der Waals surface area contributed by atoms with Crippen molar-refractivity contribution in [3.63, 3.8) is 0 Å². The highest BCUT2D eigenvalue weighted by Crippen LogP contribution is 2.33. The highest BCUT2D eigenvalue weighted by Gasteiger charge is 2.36. The number of nitrogens with zero attached hydrogens (tertiary/aromatic N) is 2. The van der Waals surface area contributed by atoms with Crippen LogP contribution in [0.3, 0.4) is 0 Å². The number of benzene rings is 2. The minimum atomic E-state index is -0.941. The van der Waals surface area contributed by atoms with Gasteiger partial charge in [-0.1, -0.05) is 55.7 Å². The zero-order valence-corrected chi connectivity index (χ0v) is 19.7. The second-order valence-corrected chi connectivity index (χ2v) is 9.66. The van der Waals surface area contributed by atoms with Gasteiger partial charge in [0, 0.05) is 11.7 Å². The average molecular weight is 466 g/mol. The molecule has 1 heterocycles. The van der Waals surface area contributed by atoms with E-state index in [1.54, 1.807) is 19.1 Å². The molecule has 2 aromatic carbocycles. The van der Waals surface area contributed by atoms with Crippen LogP contribution in [0, 0.1) is 19.7 Å². The molecule has 33 heavy (non-hydrogen) atoms. The molecule has 1 atom stereocenters. The van der Waals surface area contributed by atoms with Crippen molar-refractivity contribution < 1.29 is 14.0 Å². The molecule has 0 radical (unpaired) electrons. The lowest BCUT2D eigenvalue weighted by Crippen LogP contribution is -2.47. The number of halogens is 1. The first kappa shape index (κ1) is 23.1. The molecule has 0 aliphatic heterocycles. The fraction of sp³-hybridized carbons (Fsp3) is 0.346. The number of carbonyl (C=O) groups is 2. The highest BCUT2D eigenvalue weighted by molar-refractivity contribution is 7.13. The van der Waals surface area contributed by atoms with Crippen LogP contribution in [-0.2, 0) is 4.79 Å². The molecule has 0 bridgehead atoms. The van der Waals surface area contributed by atoms with Crippen molar-refractivity contribution in [2.45, 2.75) is 58.0 Å². The molecule has 1 aliphatic carbocycles. The van der Waals surface area contributed by atoms with Crippen LogP contribution in [0.15, 0.2) is 54.6 Å². The zero-order chi connectivity index (χ0) is 23.4. The van der Waals surface area contributed by atoms with Crippen molar-refractivity contribution in [2.75, 3.05) is 4.90 Å². The number of amides is 2. The Labute approximate surface area is 197 Å². The molecule has 4 rings (SSSR count). The summed E-state index contributed by atoms with van der Waals surface area (Å²) in [6.45, 7) is 3.62. The number of aryl methyl sites for hydroxylation is 2. The second-order valence-electron chi connectivity index (χ2n) is 8.46. The molecule has 7 heteroatoms. The van der Waals surface area contributed by atoms with Crippen molar-refractivity contribution in [2.24, 2.45) is 0 Å². The van der Waals surface area contributed by atoms with E-state index in [0.29, 0.717) is 21.8 Å². The van der Waals surface area contributed by atoms with Gasteiger partial charge >= 0.3 is 0 Å². The highest BCUT2D eigenvalue weighted by atomic mass is 32.1. The number of nitrogens with one attached hydrogen (secondary N) is 1. The first-order valence-corrected chi connectivity index (χ1v) is 12.1. The van der Waals surface area contributed by atoms with E-state index in [0.717, 1.165) is 30.7 Å². The number of hydrogen-bond donors (Lipinski definition) is 1. The summed E-state index contributed by atoms with van der Waals surface area (Å²) < 4.78 is 14.3. The Hall–Kier alpha value is -3.06. The first-order valence-electron chi connectivity index (χ1n) is 11.3. The van der Waals surface area contributed by atoms with Gasteiger partial charge in [0.2, 0.25) is 5.91 Å². The van der Waals surface area contributed by atoms with Gasteiger partial charge in [-0.2, -0.15) is 0 Å². The van der Waals surface area contributed by atoms with Crippen LogP contribution in [0.1, 0.15) is 64.1 Å². The van der Waals surface area contributed by atoms with Crippen LogP contribution in [0.5, 0.6) is 0 Å². The van der Waals surface area contributed by atoms with Crippen LogP contribution in [-0.4, -0.2) is 22.8 Å². The van der Waals surface area contributed by atoms with Gasteiger partial charge in [0.15, 0.2) is 0 Å². The molecule has 1 fully saturated rings. The van der Waals surface area contributed by atoms with Gasteiger partial charge in [-0.05, 0) is 50.5 Å². The second kappa shape index (κ2) is 10.3. The molecule has 2 amide bonds. The van der Waals surface area contributed by atoms with E-state index in [1.165, 1.54) is 34.8 Å². The molecule has 5 nitrogen and oxygen atoms in total. The largest absolute Gasteiger partial charge is 0.351 e. The number of thiazole rings is 1. The van der Waals surface area contributed by atoms with E-state index in [9.17, 15) is 14.0 Å². The third-order valence-corrected chi connectivity index (χ3v) is 7.04. The van der Waals surface area contributed by atoms with Crippen LogP contribution in [0.25, 0.3) is 0 Å². The zero-order valence-electron chi connectivity index (χ0n) is 18.9. The predicted octanol–water partition coefficient (Wildman–Crippen LogP) is 5.74. The maximum absolute atomic E-state index is 14.3. The first-order chi connectivity index (χ1) is 15.9. The summed E-state index contributed by atoms with van der Waals surface area (Å²) in [5, 5.41) is 3.93. The fourth-order valence-corrected chi connectivity index (χ4v) is 5.29. The van der Waals surface area contributed by atoms with Crippen molar-refractivity contribution in [3.8, 4) is 0 Å². The fourth-order valence-electron chi connectivity index (χ4n) is 4.43. The smallest absolute Gasteiger partial charge is 0.271 e. The third kappa shape index (κ3) is 5.30. The molecule has 172 valence electrons. The lowest BCUT2D eigenvalue weighted by Gasteiger charge is -2.33. The third-order valence-electron chi connectivity index (χ3n) is 5.98. The van der Waals surface area contributed by atoms with E-state index >= 15 is 0 Å². The Balaban J connectivity index is 1.81. The summed E-state index contributed by atoms with van der Waals surface area (Å²) >= 11 is 1.28. The Morgan fingerprint density at radius 3 is 2.42 bits per heavy atom. The quantitative estimate of drug-likeness (QED) is 0.505. The number of carbonyl (C=O) groups excluding carboxylic acids is 2. The molecule has 1 saturated carbocycles. The number of rotatable bonds is 6. The molecular formula is C26H28FN3O2S. The molecule has 0 spiro atoms. The minimum Gasteiger partial charge on any atom is -0.351 e. The van der Waals surface area contributed by atoms with Gasteiger partial charge in [-0.3, -0.25) is 14.5 Å². The van der Waals surface area contributed by atoms with Crippen LogP contribution >= 0.6 is 11.3 Å². The summed E-state index contributed by atoms with van der Waals surface area (Å²) in [7, 11) is 0. The van der Waals surface area contributed by atoms with Crippen molar-refractivity contribution >= 4 is 28.8 Å². The van der Waals surface area contributed by atoms with Gasteiger partial charge in [-0.25, -0.2) is 9.37 Å². The van der Waals surface area contributed by atoms with Crippen molar-refractivity contribution in [1.29, 1.82) is 0 Å². The molecule has 0 saturated heterocycles. The number of aromatic nitrogens is 1. The van der Waals surface area contributed by atoms with E-state index in [1.807, 2.05) is 37.3 Å². The van der Waals surface area contributed by atoms with Gasteiger partial charge < -0.3 is 5.32 Å². The molecule has 1 aromatic heterocycles. The predicted molar refractivity (Wildman–Crippen MR) is 129 cm³/mol. The maximum Gasteiger partial charge on any atom is 0.271 e. The SMILES string of the molecule is Cc1nc(C)c(C(=O)N(c2cccc(F)c2)[C@@H](C(=O)NC2CCCCC2)c2ccccc2)s1. The lowest BCUT2D eigenvalue weighted by atomic mass is 9.94. The van der Waals surface area contributed by atoms with E-state index < -0.39 is 11.9 Å². The summed E-state index contributed by atoms with van der Waals surface area (Å²) in [5.41, 5.74) is 1.60. The Bertz CT molecular complexity index is 1130. The Kier molecular flexibility index (Phi) is 7.18. The van der Waals surface area contributed by atoms with Crippen molar-refractivity contribution in [3.05, 3.63) is 81.6 Å². The Morgan fingerprint density at radius 2 is 1.79 bits per heavy atom. The van der Waals surface area contributed by atoms with Crippen molar-refractivity contribution in [1.82, 2.24) is 10.3 Å². The normalized spacial score (nSPS) is 15.1. The summed E-state index contributed by atoms with van der Waals surface area (Å²) in [6.07, 6.45) is 5.18. The topological polar surface area (TPSA) is 62.3 Å². The molecule has 0 unspecified atom stereocenters. The number of anilines is 1.